The Hall–Kier alpha value is -1.96. The Bertz CT molecular complexity index is 574. The van der Waals surface area contributed by atoms with Gasteiger partial charge in [0.2, 0.25) is 5.91 Å². The van der Waals surface area contributed by atoms with Crippen LogP contribution in [0.15, 0.2) is 0 Å². The molecule has 1 amide bonds. The van der Waals surface area contributed by atoms with E-state index in [4.69, 9.17) is 4.74 Å². The van der Waals surface area contributed by atoms with E-state index in [9.17, 15) is 14.9 Å². The first-order chi connectivity index (χ1) is 10.3. The second-order valence-corrected chi connectivity index (χ2v) is 5.81. The summed E-state index contributed by atoms with van der Waals surface area (Å²) < 4.78 is 7.15. The zero-order valence-electron chi connectivity index (χ0n) is 13.4. The molecule has 0 N–H and O–H groups in total. The highest BCUT2D eigenvalue weighted by molar-refractivity contribution is 5.76. The normalized spacial score (nSPS) is 21.9. The maximum Gasteiger partial charge on any atom is 0.312 e. The number of carbonyl (C=O) groups excluding carboxylic acids is 1. The fraction of sp³-hybridized carbons (Fsp3) is 0.714. The van der Waals surface area contributed by atoms with Crippen molar-refractivity contribution in [3.63, 3.8) is 0 Å². The van der Waals surface area contributed by atoms with Gasteiger partial charge in [-0.3, -0.25) is 19.6 Å². The lowest BCUT2D eigenvalue weighted by Crippen LogP contribution is -2.48. The van der Waals surface area contributed by atoms with Crippen molar-refractivity contribution in [1.82, 2.24) is 14.7 Å². The van der Waals surface area contributed by atoms with E-state index < -0.39 is 4.92 Å². The van der Waals surface area contributed by atoms with Crippen molar-refractivity contribution in [3.05, 3.63) is 21.5 Å². The van der Waals surface area contributed by atoms with E-state index in [1.807, 2.05) is 13.8 Å². The fourth-order valence-corrected chi connectivity index (χ4v) is 2.91. The molecule has 0 aliphatic carbocycles. The minimum atomic E-state index is -0.429. The number of aryl methyl sites for hydroxylation is 2. The van der Waals surface area contributed by atoms with Crippen molar-refractivity contribution >= 4 is 11.6 Å². The molecule has 0 saturated carbocycles. The second kappa shape index (κ2) is 6.43. The predicted molar refractivity (Wildman–Crippen MR) is 79.6 cm³/mol. The number of rotatable bonds is 4. The largest absolute Gasteiger partial charge is 0.372 e. The molecule has 8 heteroatoms. The van der Waals surface area contributed by atoms with E-state index in [1.54, 1.807) is 23.4 Å². The topological polar surface area (TPSA) is 90.5 Å². The first-order valence-corrected chi connectivity index (χ1v) is 7.41. The standard InChI is InChI=1S/C14H22N4O4/c1-9-7-16(8-10(2)22-9)13(19)5-6-17-12(4)14(18(20)21)11(3)15-17/h9-10H,5-8H2,1-4H3/t9-,10-/m1/s1. The molecule has 2 atom stereocenters. The number of carbonyl (C=O) groups is 1. The number of nitro groups is 1. The van der Waals surface area contributed by atoms with E-state index in [0.717, 1.165) is 0 Å². The molecule has 0 bridgehead atoms. The highest BCUT2D eigenvalue weighted by atomic mass is 16.6. The molecule has 22 heavy (non-hydrogen) atoms. The third kappa shape index (κ3) is 3.44. The van der Waals surface area contributed by atoms with Crippen LogP contribution in [0.25, 0.3) is 0 Å². The lowest BCUT2D eigenvalue weighted by Gasteiger charge is -2.35. The van der Waals surface area contributed by atoms with Crippen LogP contribution in [0.1, 0.15) is 31.7 Å². The van der Waals surface area contributed by atoms with Crippen LogP contribution in [0.3, 0.4) is 0 Å². The van der Waals surface area contributed by atoms with E-state index >= 15 is 0 Å². The number of hydrogen-bond donors (Lipinski definition) is 0. The maximum absolute atomic E-state index is 12.3. The molecule has 1 aromatic rings. The van der Waals surface area contributed by atoms with Crippen LogP contribution in [-0.2, 0) is 16.1 Å². The molecule has 0 unspecified atom stereocenters. The van der Waals surface area contributed by atoms with Gasteiger partial charge in [-0.15, -0.1) is 0 Å². The third-order valence-electron chi connectivity index (χ3n) is 3.84. The van der Waals surface area contributed by atoms with Gasteiger partial charge >= 0.3 is 5.69 Å². The van der Waals surface area contributed by atoms with Crippen LogP contribution >= 0.6 is 0 Å². The zero-order chi connectivity index (χ0) is 16.4. The van der Waals surface area contributed by atoms with Gasteiger partial charge in [-0.25, -0.2) is 0 Å². The monoisotopic (exact) mass is 310 g/mol. The predicted octanol–water partition coefficient (Wildman–Crippen LogP) is 1.43. The Morgan fingerprint density at radius 1 is 1.36 bits per heavy atom. The van der Waals surface area contributed by atoms with Crippen LogP contribution in [0, 0.1) is 24.0 Å². The van der Waals surface area contributed by atoms with Gasteiger partial charge in [0.1, 0.15) is 11.4 Å². The van der Waals surface area contributed by atoms with Crippen molar-refractivity contribution in [3.8, 4) is 0 Å². The first-order valence-electron chi connectivity index (χ1n) is 7.41. The van der Waals surface area contributed by atoms with Crippen molar-refractivity contribution in [1.29, 1.82) is 0 Å². The smallest absolute Gasteiger partial charge is 0.312 e. The van der Waals surface area contributed by atoms with Crippen LogP contribution in [0.4, 0.5) is 5.69 Å². The number of morpholine rings is 1. The summed E-state index contributed by atoms with van der Waals surface area (Å²) in [5.74, 6) is 0.0252. The van der Waals surface area contributed by atoms with Crippen molar-refractivity contribution in [2.45, 2.75) is 52.9 Å². The fourth-order valence-electron chi connectivity index (χ4n) is 2.91. The molecule has 1 aliphatic heterocycles. The average molecular weight is 310 g/mol. The van der Waals surface area contributed by atoms with Gasteiger partial charge in [-0.05, 0) is 27.7 Å². The molecule has 8 nitrogen and oxygen atoms in total. The summed E-state index contributed by atoms with van der Waals surface area (Å²) in [7, 11) is 0. The molecule has 1 aromatic heterocycles. The van der Waals surface area contributed by atoms with Gasteiger partial charge in [-0.1, -0.05) is 0 Å². The summed E-state index contributed by atoms with van der Waals surface area (Å²) in [5.41, 5.74) is 0.892. The molecule has 2 rings (SSSR count). The van der Waals surface area contributed by atoms with Gasteiger partial charge in [-0.2, -0.15) is 5.10 Å². The minimum Gasteiger partial charge on any atom is -0.372 e. The van der Waals surface area contributed by atoms with Crippen molar-refractivity contribution in [2.24, 2.45) is 0 Å². The van der Waals surface area contributed by atoms with Crippen molar-refractivity contribution < 1.29 is 14.5 Å². The van der Waals surface area contributed by atoms with Gasteiger partial charge in [0.25, 0.3) is 0 Å². The molecule has 122 valence electrons. The highest BCUT2D eigenvalue weighted by Gasteiger charge is 2.26. The van der Waals surface area contributed by atoms with Crippen molar-refractivity contribution in [2.75, 3.05) is 13.1 Å². The van der Waals surface area contributed by atoms with E-state index in [-0.39, 0.29) is 30.2 Å². The Kier molecular flexibility index (Phi) is 4.80. The zero-order valence-corrected chi connectivity index (χ0v) is 13.4. The number of nitrogens with zero attached hydrogens (tertiary/aromatic N) is 4. The minimum absolute atomic E-state index is 0.0252. The maximum atomic E-state index is 12.3. The van der Waals surface area contributed by atoms with Crippen LogP contribution in [0.2, 0.25) is 0 Å². The lowest BCUT2D eigenvalue weighted by molar-refractivity contribution is -0.386. The summed E-state index contributed by atoms with van der Waals surface area (Å²) in [6, 6.07) is 0. The molecule has 1 fully saturated rings. The number of amides is 1. The number of ether oxygens (including phenoxy) is 1. The average Bonchev–Trinajstić information content (AvgIpc) is 2.69. The summed E-state index contributed by atoms with van der Waals surface area (Å²) in [5, 5.41) is 15.1. The van der Waals surface area contributed by atoms with E-state index in [0.29, 0.717) is 31.0 Å². The Morgan fingerprint density at radius 2 is 1.95 bits per heavy atom. The SMILES string of the molecule is Cc1nn(CCC(=O)N2C[C@@H](C)O[C@H](C)C2)c(C)c1[N+](=O)[O-]. The van der Waals surface area contributed by atoms with Gasteiger partial charge < -0.3 is 9.64 Å². The van der Waals surface area contributed by atoms with Crippen LogP contribution < -0.4 is 0 Å². The number of hydrogen-bond acceptors (Lipinski definition) is 5. The molecule has 0 aromatic carbocycles. The van der Waals surface area contributed by atoms with Gasteiger partial charge in [0.05, 0.1) is 23.7 Å². The summed E-state index contributed by atoms with van der Waals surface area (Å²) >= 11 is 0. The molecule has 0 radical (unpaired) electrons. The summed E-state index contributed by atoms with van der Waals surface area (Å²) in [6.45, 7) is 8.66. The molecule has 1 saturated heterocycles. The highest BCUT2D eigenvalue weighted by Crippen LogP contribution is 2.22. The first kappa shape index (κ1) is 16.4. The van der Waals surface area contributed by atoms with Gasteiger partial charge in [0, 0.05) is 19.5 Å². The second-order valence-electron chi connectivity index (χ2n) is 5.81. The quantitative estimate of drug-likeness (QED) is 0.620. The van der Waals surface area contributed by atoms with Gasteiger partial charge in [0.15, 0.2) is 0 Å². The van der Waals surface area contributed by atoms with Crippen LogP contribution in [-0.4, -0.2) is 50.8 Å². The molecule has 2 heterocycles. The van der Waals surface area contributed by atoms with E-state index in [1.165, 1.54) is 0 Å². The molecule has 1 aliphatic rings. The molecular formula is C14H22N4O4. The number of aromatic nitrogens is 2. The van der Waals surface area contributed by atoms with E-state index in [2.05, 4.69) is 5.10 Å². The molecule has 0 spiro atoms. The Morgan fingerprint density at radius 3 is 2.45 bits per heavy atom. The lowest BCUT2D eigenvalue weighted by atomic mass is 10.2. The Balaban J connectivity index is 2.00. The third-order valence-corrected chi connectivity index (χ3v) is 3.84. The Labute approximate surface area is 129 Å². The van der Waals surface area contributed by atoms with Crippen LogP contribution in [0.5, 0.6) is 0 Å². The summed E-state index contributed by atoms with van der Waals surface area (Å²) in [6.07, 6.45) is 0.336. The molecular weight excluding hydrogens is 288 g/mol. The summed E-state index contributed by atoms with van der Waals surface area (Å²) in [4.78, 5) is 24.6.